The first-order chi connectivity index (χ1) is 12.6. The predicted molar refractivity (Wildman–Crippen MR) is 97.1 cm³/mol. The van der Waals surface area contributed by atoms with E-state index < -0.39 is 6.10 Å². The molecule has 1 unspecified atom stereocenters. The van der Waals surface area contributed by atoms with Crippen LogP contribution in [0.4, 0.5) is 0 Å². The number of aliphatic hydroxyl groups excluding tert-OH is 1. The number of hydrogen-bond donors (Lipinski definition) is 1. The first-order valence-electron chi connectivity index (χ1n) is 8.25. The standard InChI is InChI=1S/C19H17N5O2/c1-13-7-9-14(10-8-13)17(25)12-23-19(26)16-11-20-24(18(16)21-22-23)15-5-3-2-4-6-15/h2-11,17,25H,12H2,1H3. The Bertz CT molecular complexity index is 1100. The number of nitrogens with zero attached hydrogens (tertiary/aromatic N) is 5. The Balaban J connectivity index is 1.68. The largest absolute Gasteiger partial charge is 0.386 e. The normalized spacial score (nSPS) is 12.4. The van der Waals surface area contributed by atoms with E-state index in [9.17, 15) is 9.90 Å². The van der Waals surface area contributed by atoms with Crippen molar-refractivity contribution in [2.24, 2.45) is 0 Å². The molecule has 0 saturated carbocycles. The van der Waals surface area contributed by atoms with Gasteiger partial charge in [0.05, 0.1) is 24.5 Å². The van der Waals surface area contributed by atoms with Gasteiger partial charge < -0.3 is 5.11 Å². The number of para-hydroxylation sites is 1. The third-order valence-electron chi connectivity index (χ3n) is 4.26. The highest BCUT2D eigenvalue weighted by molar-refractivity contribution is 5.74. The number of aliphatic hydroxyl groups is 1. The highest BCUT2D eigenvalue weighted by atomic mass is 16.3. The summed E-state index contributed by atoms with van der Waals surface area (Å²) in [5.41, 5.74) is 2.69. The van der Waals surface area contributed by atoms with Gasteiger partial charge in [-0.15, -0.1) is 5.10 Å². The summed E-state index contributed by atoms with van der Waals surface area (Å²) in [4.78, 5) is 12.7. The summed E-state index contributed by atoms with van der Waals surface area (Å²) in [7, 11) is 0. The lowest BCUT2D eigenvalue weighted by atomic mass is 10.1. The number of benzene rings is 2. The lowest BCUT2D eigenvalue weighted by Gasteiger charge is -2.12. The predicted octanol–water partition coefficient (Wildman–Crippen LogP) is 2.02. The third kappa shape index (κ3) is 2.89. The molecule has 0 amide bonds. The quantitative estimate of drug-likeness (QED) is 0.610. The van der Waals surface area contributed by atoms with Gasteiger partial charge in [-0.05, 0) is 24.6 Å². The van der Waals surface area contributed by atoms with Crippen molar-refractivity contribution in [1.82, 2.24) is 24.8 Å². The van der Waals surface area contributed by atoms with Gasteiger partial charge in [0.25, 0.3) is 5.56 Å². The molecule has 0 bridgehead atoms. The minimum absolute atomic E-state index is 0.0291. The fraction of sp³-hybridized carbons (Fsp3) is 0.158. The minimum Gasteiger partial charge on any atom is -0.386 e. The smallest absolute Gasteiger partial charge is 0.280 e. The molecule has 2 heterocycles. The van der Waals surface area contributed by atoms with Crippen molar-refractivity contribution in [3.63, 3.8) is 0 Å². The van der Waals surface area contributed by atoms with E-state index >= 15 is 0 Å². The van der Waals surface area contributed by atoms with Crippen molar-refractivity contribution >= 4 is 11.0 Å². The van der Waals surface area contributed by atoms with E-state index in [-0.39, 0.29) is 12.1 Å². The van der Waals surface area contributed by atoms with Gasteiger partial charge >= 0.3 is 0 Å². The van der Waals surface area contributed by atoms with Crippen LogP contribution in [0.1, 0.15) is 17.2 Å². The highest BCUT2D eigenvalue weighted by Gasteiger charge is 2.15. The Labute approximate surface area is 149 Å². The van der Waals surface area contributed by atoms with Crippen LogP contribution in [0, 0.1) is 6.92 Å². The summed E-state index contributed by atoms with van der Waals surface area (Å²) in [6.07, 6.45) is 0.637. The molecule has 0 saturated heterocycles. The molecule has 2 aromatic carbocycles. The molecule has 0 aliphatic heterocycles. The van der Waals surface area contributed by atoms with Crippen molar-refractivity contribution < 1.29 is 5.11 Å². The summed E-state index contributed by atoms with van der Waals surface area (Å²) in [6, 6.07) is 16.9. The van der Waals surface area contributed by atoms with E-state index in [0.29, 0.717) is 11.0 Å². The second kappa shape index (κ2) is 6.53. The molecular weight excluding hydrogens is 330 g/mol. The summed E-state index contributed by atoms with van der Waals surface area (Å²) >= 11 is 0. The van der Waals surface area contributed by atoms with Crippen LogP contribution in [-0.4, -0.2) is 29.9 Å². The SMILES string of the molecule is Cc1ccc(C(O)Cn2nnc3c(cnn3-c3ccccc3)c2=O)cc1. The lowest BCUT2D eigenvalue weighted by Crippen LogP contribution is -2.27. The van der Waals surface area contributed by atoms with Crippen molar-refractivity contribution in [3.8, 4) is 5.69 Å². The van der Waals surface area contributed by atoms with Gasteiger partial charge in [-0.25, -0.2) is 9.36 Å². The topological polar surface area (TPSA) is 85.8 Å². The molecule has 4 aromatic rings. The zero-order chi connectivity index (χ0) is 18.1. The van der Waals surface area contributed by atoms with E-state index in [1.54, 1.807) is 4.68 Å². The molecular formula is C19H17N5O2. The monoisotopic (exact) mass is 347 g/mol. The van der Waals surface area contributed by atoms with Gasteiger partial charge in [0.1, 0.15) is 5.39 Å². The van der Waals surface area contributed by atoms with Crippen LogP contribution in [-0.2, 0) is 6.54 Å². The molecule has 7 nitrogen and oxygen atoms in total. The van der Waals surface area contributed by atoms with Crippen molar-refractivity contribution in [1.29, 1.82) is 0 Å². The number of rotatable bonds is 4. The van der Waals surface area contributed by atoms with Crippen LogP contribution in [0.5, 0.6) is 0 Å². The second-order valence-corrected chi connectivity index (χ2v) is 6.13. The van der Waals surface area contributed by atoms with Gasteiger partial charge in [-0.3, -0.25) is 4.79 Å². The molecule has 130 valence electrons. The van der Waals surface area contributed by atoms with E-state index in [2.05, 4.69) is 15.4 Å². The van der Waals surface area contributed by atoms with Gasteiger partial charge in [0.2, 0.25) is 0 Å². The van der Waals surface area contributed by atoms with E-state index in [4.69, 9.17) is 0 Å². The first kappa shape index (κ1) is 16.2. The summed E-state index contributed by atoms with van der Waals surface area (Å²) in [6.45, 7) is 2.01. The number of hydrogen-bond acceptors (Lipinski definition) is 5. The Kier molecular flexibility index (Phi) is 4.06. The number of aryl methyl sites for hydroxylation is 1. The fourth-order valence-electron chi connectivity index (χ4n) is 2.80. The van der Waals surface area contributed by atoms with Crippen molar-refractivity contribution in [3.05, 3.63) is 82.3 Å². The average Bonchev–Trinajstić information content (AvgIpc) is 3.10. The van der Waals surface area contributed by atoms with Crippen LogP contribution in [0.3, 0.4) is 0 Å². The van der Waals surface area contributed by atoms with E-state index in [1.807, 2.05) is 61.5 Å². The van der Waals surface area contributed by atoms with Crippen LogP contribution in [0.15, 0.2) is 65.6 Å². The van der Waals surface area contributed by atoms with Gasteiger partial charge in [0, 0.05) is 0 Å². The zero-order valence-corrected chi connectivity index (χ0v) is 14.1. The Morgan fingerprint density at radius 3 is 2.54 bits per heavy atom. The minimum atomic E-state index is -0.843. The maximum atomic E-state index is 12.7. The zero-order valence-electron chi connectivity index (χ0n) is 14.1. The first-order valence-corrected chi connectivity index (χ1v) is 8.25. The molecule has 4 rings (SSSR count). The van der Waals surface area contributed by atoms with Gasteiger partial charge in [-0.2, -0.15) is 5.10 Å². The molecule has 26 heavy (non-hydrogen) atoms. The van der Waals surface area contributed by atoms with Crippen LogP contribution in [0.2, 0.25) is 0 Å². The number of aromatic nitrogens is 5. The second-order valence-electron chi connectivity index (χ2n) is 6.13. The molecule has 7 heteroatoms. The molecule has 1 atom stereocenters. The Morgan fingerprint density at radius 2 is 1.81 bits per heavy atom. The van der Waals surface area contributed by atoms with Gasteiger partial charge in [-0.1, -0.05) is 53.2 Å². The fourth-order valence-corrected chi connectivity index (χ4v) is 2.80. The maximum absolute atomic E-state index is 12.7. The van der Waals surface area contributed by atoms with Crippen molar-refractivity contribution in [2.45, 2.75) is 19.6 Å². The third-order valence-corrected chi connectivity index (χ3v) is 4.26. The lowest BCUT2D eigenvalue weighted by molar-refractivity contribution is 0.148. The maximum Gasteiger partial charge on any atom is 0.280 e. The van der Waals surface area contributed by atoms with Gasteiger partial charge in [0.15, 0.2) is 5.65 Å². The van der Waals surface area contributed by atoms with Crippen molar-refractivity contribution in [2.75, 3.05) is 0 Å². The molecule has 1 N–H and O–H groups in total. The van der Waals surface area contributed by atoms with Crippen LogP contribution >= 0.6 is 0 Å². The molecule has 0 radical (unpaired) electrons. The van der Waals surface area contributed by atoms with Crippen LogP contribution in [0.25, 0.3) is 16.7 Å². The Hall–Kier alpha value is -3.32. The molecule has 0 aliphatic rings. The molecule has 0 fully saturated rings. The average molecular weight is 347 g/mol. The van der Waals surface area contributed by atoms with Crippen LogP contribution < -0.4 is 5.56 Å². The molecule has 0 spiro atoms. The highest BCUT2D eigenvalue weighted by Crippen LogP contribution is 2.16. The molecule has 0 aliphatic carbocycles. The summed E-state index contributed by atoms with van der Waals surface area (Å²) in [5.74, 6) is 0. The number of fused-ring (bicyclic) bond motifs is 1. The summed E-state index contributed by atoms with van der Waals surface area (Å²) < 4.78 is 2.74. The Morgan fingerprint density at radius 1 is 1.08 bits per heavy atom. The molecule has 2 aromatic heterocycles. The van der Waals surface area contributed by atoms with E-state index in [1.165, 1.54) is 10.9 Å². The van der Waals surface area contributed by atoms with E-state index in [0.717, 1.165) is 16.8 Å². The summed E-state index contributed by atoms with van der Waals surface area (Å²) in [5, 5.41) is 23.1.